The number of halogens is 3. The Labute approximate surface area is 72.8 Å². The lowest BCUT2D eigenvalue weighted by Crippen LogP contribution is -1.93. The van der Waals surface area contributed by atoms with E-state index in [1.807, 2.05) is 0 Å². The van der Waals surface area contributed by atoms with Gasteiger partial charge in [-0.25, -0.2) is 9.74 Å². The summed E-state index contributed by atoms with van der Waals surface area (Å²) >= 11 is 16.7. The summed E-state index contributed by atoms with van der Waals surface area (Å²) in [4.78, 5) is 3.70. The third-order valence-corrected chi connectivity index (χ3v) is 2.88. The van der Waals surface area contributed by atoms with E-state index in [9.17, 15) is 0 Å². The quantitative estimate of drug-likeness (QED) is 0.441. The molecule has 0 aromatic heterocycles. The topological polar surface area (TPSA) is 37.1 Å². The van der Waals surface area contributed by atoms with Crippen molar-refractivity contribution >= 4 is 51.1 Å². The number of amidine groups is 2. The van der Waals surface area contributed by atoms with Gasteiger partial charge in [-0.3, -0.25) is 0 Å². The van der Waals surface area contributed by atoms with Gasteiger partial charge in [0.05, 0.1) is 0 Å². The first kappa shape index (κ1) is 8.54. The van der Waals surface area contributed by atoms with Crippen molar-refractivity contribution in [1.82, 2.24) is 0 Å². The summed E-state index contributed by atoms with van der Waals surface area (Å²) in [5, 5.41) is 0.0748. The molecule has 0 bridgehead atoms. The maximum atomic E-state index is 5.62. The predicted molar refractivity (Wildman–Crippen MR) is 47.5 cm³/mol. The zero-order valence-corrected chi connectivity index (χ0v) is 8.08. The van der Waals surface area contributed by atoms with E-state index in [4.69, 9.17) is 34.1 Å². The molecular weight excluding hydrogens is 215 g/mol. The van der Waals surface area contributed by atoms with Crippen molar-refractivity contribution in [2.24, 2.45) is 14.5 Å². The minimum atomic E-state index is -2.55. The maximum absolute atomic E-state index is 5.62. The van der Waals surface area contributed by atoms with Gasteiger partial charge in [0.1, 0.15) is 5.84 Å². The van der Waals surface area contributed by atoms with Crippen molar-refractivity contribution in [3.05, 3.63) is 0 Å². The molecule has 0 saturated carbocycles. The smallest absolute Gasteiger partial charge is 0.203 e. The van der Waals surface area contributed by atoms with Crippen LogP contribution in [0, 0.1) is 0 Å². The van der Waals surface area contributed by atoms with Crippen LogP contribution in [-0.2, 0) is 0 Å². The van der Waals surface area contributed by atoms with E-state index >= 15 is 0 Å². The minimum absolute atomic E-state index is 0.0748. The molecule has 0 fully saturated rings. The molecule has 0 aromatic carbocycles. The molecule has 0 spiro atoms. The Morgan fingerprint density at radius 1 is 1.40 bits per heavy atom. The average Bonchev–Trinajstić information content (AvgIpc) is 1.54. The first-order chi connectivity index (χ1) is 4.49. The normalized spacial score (nSPS) is 22.8. The third-order valence-electron chi connectivity index (χ3n) is 0.722. The number of aliphatic imine (C=N–C) groups is 1. The highest BCUT2D eigenvalue weighted by molar-refractivity contribution is 8.09. The molecule has 1 heterocycles. The highest BCUT2D eigenvalue weighted by Crippen LogP contribution is 2.62. The molecular formula is C3H3Cl3N3P. The van der Waals surface area contributed by atoms with Crippen molar-refractivity contribution in [2.75, 3.05) is 0 Å². The number of nitrogens with zero attached hydrogens (tertiary/aromatic N) is 3. The van der Waals surface area contributed by atoms with Crippen LogP contribution < -0.4 is 0 Å². The molecule has 0 aromatic rings. The van der Waals surface area contributed by atoms with Crippen molar-refractivity contribution in [1.29, 1.82) is 0 Å². The summed E-state index contributed by atoms with van der Waals surface area (Å²) in [6, 6.07) is 0. The fourth-order valence-electron chi connectivity index (χ4n) is 0.474. The fraction of sp³-hybridized carbons (Fsp3) is 0.333. The Kier molecular flexibility index (Phi) is 2.41. The molecule has 1 rings (SSSR count). The first-order valence-electron chi connectivity index (χ1n) is 2.32. The van der Waals surface area contributed by atoms with E-state index in [-0.39, 0.29) is 5.29 Å². The van der Waals surface area contributed by atoms with Gasteiger partial charge in [-0.05, 0) is 41.0 Å². The molecule has 10 heavy (non-hydrogen) atoms. The molecule has 56 valence electrons. The van der Waals surface area contributed by atoms with Crippen LogP contribution in [0.3, 0.4) is 0 Å². The van der Waals surface area contributed by atoms with Crippen LogP contribution in [0.25, 0.3) is 0 Å². The van der Waals surface area contributed by atoms with Gasteiger partial charge in [0.25, 0.3) is 5.91 Å². The number of hydrogen-bond donors (Lipinski definition) is 0. The van der Waals surface area contributed by atoms with Crippen LogP contribution in [0.2, 0.25) is 0 Å². The van der Waals surface area contributed by atoms with Crippen LogP contribution in [0.1, 0.15) is 6.92 Å². The zero-order chi connectivity index (χ0) is 7.78. The molecule has 0 amide bonds. The van der Waals surface area contributed by atoms with Gasteiger partial charge in [0, 0.05) is 0 Å². The van der Waals surface area contributed by atoms with E-state index in [2.05, 4.69) is 14.5 Å². The lowest BCUT2D eigenvalue weighted by molar-refractivity contribution is 1.52. The van der Waals surface area contributed by atoms with Crippen molar-refractivity contribution in [3.8, 4) is 0 Å². The molecule has 0 unspecified atom stereocenters. The molecule has 1 aliphatic rings. The van der Waals surface area contributed by atoms with Gasteiger partial charge in [0.15, 0.2) is 0 Å². The maximum Gasteiger partial charge on any atom is 0.257 e. The second kappa shape index (κ2) is 2.82. The summed E-state index contributed by atoms with van der Waals surface area (Å²) in [6.07, 6.45) is 0. The Morgan fingerprint density at radius 3 is 2.40 bits per heavy atom. The molecule has 1 aliphatic heterocycles. The number of rotatable bonds is 0. The Bertz CT molecular complexity index is 259. The molecule has 0 N–H and O–H groups in total. The van der Waals surface area contributed by atoms with Crippen LogP contribution in [0.4, 0.5) is 0 Å². The lowest BCUT2D eigenvalue weighted by atomic mass is 10.7. The lowest BCUT2D eigenvalue weighted by Gasteiger charge is -2.06. The van der Waals surface area contributed by atoms with Crippen molar-refractivity contribution in [3.63, 3.8) is 0 Å². The zero-order valence-electron chi connectivity index (χ0n) is 4.92. The molecule has 3 nitrogen and oxygen atoms in total. The molecule has 7 heteroatoms. The molecule has 0 radical (unpaired) electrons. The van der Waals surface area contributed by atoms with Gasteiger partial charge in [-0.1, -0.05) is 0 Å². The predicted octanol–water partition coefficient (Wildman–Crippen LogP) is 3.44. The van der Waals surface area contributed by atoms with Gasteiger partial charge in [0.2, 0.25) is 5.29 Å². The molecule has 0 aliphatic carbocycles. The third kappa shape index (κ3) is 2.24. The van der Waals surface area contributed by atoms with E-state index < -0.39 is 5.91 Å². The van der Waals surface area contributed by atoms with Gasteiger partial charge in [-0.15, -0.1) is 0 Å². The summed E-state index contributed by atoms with van der Waals surface area (Å²) < 4.78 is 7.42. The average molecular weight is 218 g/mol. The second-order valence-corrected chi connectivity index (χ2v) is 6.58. The standard InChI is InChI=1S/C3H3Cl3N3P/c1-2-7-3(4)9-10(5,6)8-2/h1H3. The van der Waals surface area contributed by atoms with Crippen LogP contribution >= 0.6 is 40.0 Å². The summed E-state index contributed by atoms with van der Waals surface area (Å²) in [5.41, 5.74) is 0. The van der Waals surface area contributed by atoms with Crippen LogP contribution in [-0.4, -0.2) is 11.1 Å². The van der Waals surface area contributed by atoms with Crippen LogP contribution in [0.15, 0.2) is 14.5 Å². The Morgan fingerprint density at radius 2 is 2.00 bits per heavy atom. The van der Waals surface area contributed by atoms with Gasteiger partial charge in [-0.2, -0.15) is 4.76 Å². The summed E-state index contributed by atoms with van der Waals surface area (Å²) in [7, 11) is 0. The van der Waals surface area contributed by atoms with E-state index in [1.165, 1.54) is 0 Å². The highest BCUT2D eigenvalue weighted by Gasteiger charge is 2.15. The Hall–Kier alpha value is 0.440. The summed E-state index contributed by atoms with van der Waals surface area (Å²) in [6.45, 7) is 1.66. The van der Waals surface area contributed by atoms with Crippen molar-refractivity contribution in [2.45, 2.75) is 6.92 Å². The Balaban J connectivity index is 3.15. The molecule has 0 atom stereocenters. The molecule has 0 saturated heterocycles. The van der Waals surface area contributed by atoms with Gasteiger partial charge < -0.3 is 0 Å². The van der Waals surface area contributed by atoms with Gasteiger partial charge >= 0.3 is 0 Å². The van der Waals surface area contributed by atoms with E-state index in [0.717, 1.165) is 0 Å². The fourth-order valence-corrected chi connectivity index (χ4v) is 2.92. The largest absolute Gasteiger partial charge is 0.257 e. The first-order valence-corrected chi connectivity index (χ1v) is 6.20. The van der Waals surface area contributed by atoms with Crippen LogP contribution in [0.5, 0.6) is 0 Å². The van der Waals surface area contributed by atoms with Crippen molar-refractivity contribution < 1.29 is 0 Å². The number of hydrogen-bond acceptors (Lipinski definition) is 3. The minimum Gasteiger partial charge on any atom is -0.203 e. The SMILES string of the molecule is CC1=NC(Cl)=NP(Cl)(Cl)=N1. The second-order valence-electron chi connectivity index (χ2n) is 1.58. The monoisotopic (exact) mass is 217 g/mol. The van der Waals surface area contributed by atoms with E-state index in [1.54, 1.807) is 6.92 Å². The highest BCUT2D eigenvalue weighted by atomic mass is 35.9. The van der Waals surface area contributed by atoms with E-state index in [0.29, 0.717) is 5.84 Å². The summed E-state index contributed by atoms with van der Waals surface area (Å²) in [5.74, 6) is -2.08.